The second-order valence-electron chi connectivity index (χ2n) is 11.7. The zero-order valence-corrected chi connectivity index (χ0v) is 26.7. The van der Waals surface area contributed by atoms with Gasteiger partial charge in [-0.2, -0.15) is 0 Å². The summed E-state index contributed by atoms with van der Waals surface area (Å²) in [7, 11) is 1.39. The number of hydrogen-bond donors (Lipinski definition) is 2. The van der Waals surface area contributed by atoms with Crippen LogP contribution in [0.2, 0.25) is 0 Å². The molecule has 1 aromatic heterocycles. The Bertz CT molecular complexity index is 1610. The molecule has 0 saturated carbocycles. The van der Waals surface area contributed by atoms with Crippen LogP contribution in [0, 0.1) is 0 Å². The summed E-state index contributed by atoms with van der Waals surface area (Å²) >= 11 is 1.78. The van der Waals surface area contributed by atoms with Crippen LogP contribution in [0.1, 0.15) is 55.1 Å². The van der Waals surface area contributed by atoms with Gasteiger partial charge in [0.2, 0.25) is 0 Å². The lowest BCUT2D eigenvalue weighted by atomic mass is 9.93. The molecule has 0 unspecified atom stereocenters. The first-order valence-corrected chi connectivity index (χ1v) is 16.8. The number of carbonyl (C=O) groups is 2. The van der Waals surface area contributed by atoms with Crippen LogP contribution < -0.4 is 10.6 Å². The molecule has 2 N–H and O–H groups in total. The fourth-order valence-electron chi connectivity index (χ4n) is 6.13. The standard InChI is InChI=1S/C37H41N3O4S/c1-43-37(42)28-15-11-26(12-16-28)9-10-27-13-17-30(18-14-27)39-36(41)34-32-7-2-3-8-33(32)45-35(34)29-5-4-6-31(25-29)38-19-20-40-21-23-44-24-22-40/h4-6,11-18,25,38H,2-3,7-10,19-24H2,1H3,(H,39,41). The van der Waals surface area contributed by atoms with Gasteiger partial charge in [-0.15, -0.1) is 11.3 Å². The van der Waals surface area contributed by atoms with Crippen LogP contribution >= 0.6 is 11.3 Å². The van der Waals surface area contributed by atoms with Crippen LogP contribution in [0.15, 0.2) is 72.8 Å². The van der Waals surface area contributed by atoms with E-state index < -0.39 is 0 Å². The van der Waals surface area contributed by atoms with Gasteiger partial charge in [0.25, 0.3) is 5.91 Å². The lowest BCUT2D eigenvalue weighted by Gasteiger charge is -2.26. The molecule has 234 valence electrons. The number of aryl methyl sites for hydroxylation is 3. The van der Waals surface area contributed by atoms with Crippen molar-refractivity contribution in [3.8, 4) is 10.4 Å². The van der Waals surface area contributed by atoms with Crippen LogP contribution in [0.25, 0.3) is 10.4 Å². The van der Waals surface area contributed by atoms with Gasteiger partial charge < -0.3 is 20.1 Å². The van der Waals surface area contributed by atoms with E-state index in [9.17, 15) is 9.59 Å². The number of fused-ring (bicyclic) bond motifs is 1. The highest BCUT2D eigenvalue weighted by atomic mass is 32.1. The second-order valence-corrected chi connectivity index (χ2v) is 12.8. The second kappa shape index (κ2) is 14.9. The third-order valence-corrected chi connectivity index (χ3v) is 10.0. The number of hydrogen-bond acceptors (Lipinski definition) is 7. The van der Waals surface area contributed by atoms with Crippen LogP contribution in [0.3, 0.4) is 0 Å². The van der Waals surface area contributed by atoms with Crippen molar-refractivity contribution >= 4 is 34.6 Å². The number of thiophene rings is 1. The van der Waals surface area contributed by atoms with Crippen molar-refractivity contribution < 1.29 is 19.1 Å². The molecule has 7 nitrogen and oxygen atoms in total. The van der Waals surface area contributed by atoms with Gasteiger partial charge >= 0.3 is 5.97 Å². The Kier molecular flexibility index (Phi) is 10.2. The van der Waals surface area contributed by atoms with Gasteiger partial charge in [-0.25, -0.2) is 4.79 Å². The predicted octanol–water partition coefficient (Wildman–Crippen LogP) is 6.86. The minimum absolute atomic E-state index is 0.0338. The van der Waals surface area contributed by atoms with Crippen LogP contribution in [-0.2, 0) is 35.2 Å². The third-order valence-electron chi connectivity index (χ3n) is 8.67. The van der Waals surface area contributed by atoms with Crippen molar-refractivity contribution in [1.29, 1.82) is 0 Å². The summed E-state index contributed by atoms with van der Waals surface area (Å²) in [6.07, 6.45) is 6.01. The van der Waals surface area contributed by atoms with Gasteiger partial charge in [0.05, 0.1) is 31.5 Å². The first kappa shape index (κ1) is 31.0. The minimum atomic E-state index is -0.324. The quantitative estimate of drug-likeness (QED) is 0.178. The molecular formula is C37H41N3O4S. The van der Waals surface area contributed by atoms with Crippen molar-refractivity contribution in [2.75, 3.05) is 57.1 Å². The normalized spacial score (nSPS) is 14.9. The number of amides is 1. The van der Waals surface area contributed by atoms with Gasteiger partial charge in [0.15, 0.2) is 0 Å². The molecule has 45 heavy (non-hydrogen) atoms. The number of morpholine rings is 1. The number of rotatable bonds is 11. The molecule has 1 aliphatic carbocycles. The van der Waals surface area contributed by atoms with E-state index in [0.717, 1.165) is 104 Å². The fourth-order valence-corrected chi connectivity index (χ4v) is 7.51. The maximum atomic E-state index is 13.9. The van der Waals surface area contributed by atoms with Crippen molar-refractivity contribution in [2.24, 2.45) is 0 Å². The van der Waals surface area contributed by atoms with Gasteiger partial charge in [-0.05, 0) is 97.2 Å². The molecule has 0 radical (unpaired) electrons. The number of anilines is 2. The topological polar surface area (TPSA) is 79.9 Å². The average Bonchev–Trinajstić information content (AvgIpc) is 3.48. The van der Waals surface area contributed by atoms with Crippen molar-refractivity contribution in [3.63, 3.8) is 0 Å². The van der Waals surface area contributed by atoms with E-state index in [4.69, 9.17) is 9.47 Å². The highest BCUT2D eigenvalue weighted by molar-refractivity contribution is 7.16. The van der Waals surface area contributed by atoms with Crippen molar-refractivity contribution in [3.05, 3.63) is 105 Å². The molecule has 0 atom stereocenters. The molecule has 3 aromatic carbocycles. The number of carbonyl (C=O) groups excluding carboxylic acids is 2. The van der Waals surface area contributed by atoms with Crippen LogP contribution in [-0.4, -0.2) is 63.3 Å². The van der Waals surface area contributed by atoms with E-state index in [2.05, 4.69) is 51.9 Å². The summed E-state index contributed by atoms with van der Waals surface area (Å²) in [6, 6.07) is 24.2. The lowest BCUT2D eigenvalue weighted by Crippen LogP contribution is -2.38. The summed E-state index contributed by atoms with van der Waals surface area (Å²) in [5.41, 5.74) is 7.92. The van der Waals surface area contributed by atoms with Gasteiger partial charge in [-0.3, -0.25) is 9.69 Å². The minimum Gasteiger partial charge on any atom is -0.465 e. The Morgan fingerprint density at radius 1 is 0.889 bits per heavy atom. The molecule has 6 rings (SSSR count). The van der Waals surface area contributed by atoms with E-state index in [1.807, 2.05) is 24.3 Å². The summed E-state index contributed by atoms with van der Waals surface area (Å²) in [5, 5.41) is 6.80. The van der Waals surface area contributed by atoms with Gasteiger partial charge in [0.1, 0.15) is 0 Å². The molecule has 1 amide bonds. The van der Waals surface area contributed by atoms with Crippen LogP contribution in [0.4, 0.5) is 11.4 Å². The summed E-state index contributed by atoms with van der Waals surface area (Å²) < 4.78 is 10.3. The Morgan fingerprint density at radius 3 is 2.33 bits per heavy atom. The van der Waals surface area contributed by atoms with E-state index in [1.54, 1.807) is 23.5 Å². The molecule has 4 aromatic rings. The number of esters is 1. The number of benzene rings is 3. The first-order chi connectivity index (χ1) is 22.1. The highest BCUT2D eigenvalue weighted by Crippen LogP contribution is 2.41. The summed E-state index contributed by atoms with van der Waals surface area (Å²) in [4.78, 5) is 30.4. The number of methoxy groups -OCH3 is 1. The van der Waals surface area contributed by atoms with E-state index >= 15 is 0 Å². The van der Waals surface area contributed by atoms with E-state index in [0.29, 0.717) is 5.56 Å². The molecule has 1 saturated heterocycles. The van der Waals surface area contributed by atoms with Crippen molar-refractivity contribution in [1.82, 2.24) is 4.90 Å². The highest BCUT2D eigenvalue weighted by Gasteiger charge is 2.26. The third kappa shape index (κ3) is 7.82. The fraction of sp³-hybridized carbons (Fsp3) is 0.351. The molecule has 2 heterocycles. The molecule has 0 bridgehead atoms. The average molecular weight is 624 g/mol. The van der Waals surface area contributed by atoms with E-state index in [-0.39, 0.29) is 11.9 Å². The Balaban J connectivity index is 1.12. The molecule has 2 aliphatic rings. The maximum absolute atomic E-state index is 13.9. The monoisotopic (exact) mass is 623 g/mol. The predicted molar refractivity (Wildman–Crippen MR) is 182 cm³/mol. The lowest BCUT2D eigenvalue weighted by molar-refractivity contribution is 0.0398. The Labute approximate surface area is 269 Å². The molecule has 0 spiro atoms. The molecule has 1 fully saturated rings. The summed E-state index contributed by atoms with van der Waals surface area (Å²) in [6.45, 7) is 5.44. The Morgan fingerprint density at radius 2 is 1.60 bits per heavy atom. The number of nitrogens with one attached hydrogen (secondary N) is 2. The van der Waals surface area contributed by atoms with Crippen LogP contribution in [0.5, 0.6) is 0 Å². The summed E-state index contributed by atoms with van der Waals surface area (Å²) in [5.74, 6) is -0.358. The molecular weight excluding hydrogens is 582 g/mol. The SMILES string of the molecule is COC(=O)c1ccc(CCc2ccc(NC(=O)c3c(-c4cccc(NCCN5CCOCC5)c4)sc4c3CCCC4)cc2)cc1. The Hall–Kier alpha value is -3.98. The molecule has 8 heteroatoms. The zero-order chi connectivity index (χ0) is 31.0. The van der Waals surface area contributed by atoms with Gasteiger partial charge in [-0.1, -0.05) is 36.4 Å². The van der Waals surface area contributed by atoms with Gasteiger partial charge in [0, 0.05) is 47.3 Å². The maximum Gasteiger partial charge on any atom is 0.337 e. The zero-order valence-electron chi connectivity index (χ0n) is 25.9. The number of nitrogens with zero attached hydrogens (tertiary/aromatic N) is 1. The number of ether oxygens (including phenoxy) is 2. The first-order valence-electron chi connectivity index (χ1n) is 15.9. The largest absolute Gasteiger partial charge is 0.465 e. The smallest absolute Gasteiger partial charge is 0.337 e. The van der Waals surface area contributed by atoms with Crippen molar-refractivity contribution in [2.45, 2.75) is 38.5 Å². The van der Waals surface area contributed by atoms with E-state index in [1.165, 1.54) is 29.5 Å². The molecule has 1 aliphatic heterocycles.